The first-order valence-corrected chi connectivity index (χ1v) is 8.71. The summed E-state index contributed by atoms with van der Waals surface area (Å²) in [6, 6.07) is 15.5. The highest BCUT2D eigenvalue weighted by molar-refractivity contribution is 5.84. The van der Waals surface area contributed by atoms with Gasteiger partial charge in [0.1, 0.15) is 18.5 Å². The van der Waals surface area contributed by atoms with E-state index in [0.717, 1.165) is 5.56 Å². The molecule has 2 fully saturated rings. The fourth-order valence-electron chi connectivity index (χ4n) is 3.59. The molecule has 7 heteroatoms. The number of hydrogen-bond donors (Lipinski definition) is 2. The SMILES string of the molecule is COc1ccc([C@@H](O)[C@@H]2O[C@@]3(O)COC[C@H](c4ccccc4)N3C2=O)cc1. The van der Waals surface area contributed by atoms with Crippen LogP contribution in [0, 0.1) is 0 Å². The molecule has 0 saturated carbocycles. The Balaban J connectivity index is 1.62. The van der Waals surface area contributed by atoms with Gasteiger partial charge in [0.15, 0.2) is 6.10 Å². The fourth-order valence-corrected chi connectivity index (χ4v) is 3.59. The van der Waals surface area contributed by atoms with Crippen LogP contribution in [0.1, 0.15) is 23.3 Å². The van der Waals surface area contributed by atoms with Gasteiger partial charge in [-0.15, -0.1) is 0 Å². The number of rotatable bonds is 4. The summed E-state index contributed by atoms with van der Waals surface area (Å²) in [7, 11) is 1.55. The van der Waals surface area contributed by atoms with Crippen LogP contribution in [0.5, 0.6) is 5.75 Å². The average Bonchev–Trinajstić information content (AvgIpc) is 2.99. The number of carbonyl (C=O) groups is 1. The van der Waals surface area contributed by atoms with Crippen molar-refractivity contribution in [2.24, 2.45) is 0 Å². The van der Waals surface area contributed by atoms with Crippen molar-refractivity contribution in [3.05, 3.63) is 65.7 Å². The lowest BCUT2D eigenvalue weighted by atomic mass is 10.0. The number of aliphatic hydroxyl groups is 2. The third-order valence-electron chi connectivity index (χ3n) is 4.98. The largest absolute Gasteiger partial charge is 0.497 e. The summed E-state index contributed by atoms with van der Waals surface area (Å²) in [4.78, 5) is 14.3. The maximum absolute atomic E-state index is 13.1. The van der Waals surface area contributed by atoms with E-state index in [4.69, 9.17) is 14.2 Å². The monoisotopic (exact) mass is 371 g/mol. The van der Waals surface area contributed by atoms with Gasteiger partial charge in [0.25, 0.3) is 11.8 Å². The van der Waals surface area contributed by atoms with Gasteiger partial charge in [0, 0.05) is 0 Å². The molecular weight excluding hydrogens is 350 g/mol. The predicted molar refractivity (Wildman–Crippen MR) is 94.6 cm³/mol. The Morgan fingerprint density at radius 2 is 1.89 bits per heavy atom. The van der Waals surface area contributed by atoms with Gasteiger partial charge in [0.05, 0.1) is 19.8 Å². The van der Waals surface area contributed by atoms with Crippen LogP contribution < -0.4 is 4.74 Å². The predicted octanol–water partition coefficient (Wildman–Crippen LogP) is 1.37. The first kappa shape index (κ1) is 17.9. The number of ether oxygens (including phenoxy) is 3. The first-order valence-electron chi connectivity index (χ1n) is 8.71. The highest BCUT2D eigenvalue weighted by Crippen LogP contribution is 2.42. The van der Waals surface area contributed by atoms with E-state index in [2.05, 4.69) is 0 Å². The molecule has 1 amide bonds. The second-order valence-electron chi connectivity index (χ2n) is 6.65. The van der Waals surface area contributed by atoms with E-state index >= 15 is 0 Å². The Morgan fingerprint density at radius 3 is 2.56 bits per heavy atom. The first-order chi connectivity index (χ1) is 13.0. The van der Waals surface area contributed by atoms with Gasteiger partial charge in [-0.25, -0.2) is 0 Å². The molecule has 4 rings (SSSR count). The maximum Gasteiger partial charge on any atom is 0.277 e. The van der Waals surface area contributed by atoms with Crippen molar-refractivity contribution in [1.29, 1.82) is 0 Å². The minimum atomic E-state index is -1.91. The second kappa shape index (κ2) is 6.94. The molecule has 0 unspecified atom stereocenters. The molecule has 27 heavy (non-hydrogen) atoms. The van der Waals surface area contributed by atoms with E-state index in [1.165, 1.54) is 4.90 Å². The van der Waals surface area contributed by atoms with E-state index in [1.54, 1.807) is 31.4 Å². The Kier molecular flexibility index (Phi) is 4.61. The van der Waals surface area contributed by atoms with E-state index in [1.807, 2.05) is 30.3 Å². The molecule has 142 valence electrons. The molecule has 0 radical (unpaired) electrons. The Bertz CT molecular complexity index is 811. The summed E-state index contributed by atoms with van der Waals surface area (Å²) in [5, 5.41) is 21.6. The number of benzene rings is 2. The molecule has 2 aliphatic heterocycles. The van der Waals surface area contributed by atoms with Crippen LogP contribution in [-0.4, -0.2) is 53.4 Å². The van der Waals surface area contributed by atoms with Crippen molar-refractivity contribution in [1.82, 2.24) is 4.90 Å². The van der Waals surface area contributed by atoms with Crippen molar-refractivity contribution in [2.75, 3.05) is 20.3 Å². The number of amides is 1. The number of nitrogens with zero attached hydrogens (tertiary/aromatic N) is 1. The lowest BCUT2D eigenvalue weighted by molar-refractivity contribution is -0.316. The summed E-state index contributed by atoms with van der Waals surface area (Å²) in [6.07, 6.45) is -2.45. The van der Waals surface area contributed by atoms with Gasteiger partial charge in [-0.3, -0.25) is 9.69 Å². The third-order valence-corrected chi connectivity index (χ3v) is 4.98. The molecule has 0 aromatic heterocycles. The zero-order valence-electron chi connectivity index (χ0n) is 14.8. The number of aliphatic hydroxyl groups excluding tert-OH is 1. The Labute approximate surface area is 156 Å². The molecule has 2 heterocycles. The van der Waals surface area contributed by atoms with Crippen molar-refractivity contribution in [3.63, 3.8) is 0 Å². The van der Waals surface area contributed by atoms with Crippen molar-refractivity contribution in [3.8, 4) is 5.75 Å². The van der Waals surface area contributed by atoms with Gasteiger partial charge in [-0.05, 0) is 23.3 Å². The topological polar surface area (TPSA) is 88.5 Å². The molecular formula is C20H21NO6. The molecule has 2 saturated heterocycles. The summed E-state index contributed by atoms with van der Waals surface area (Å²) in [6.45, 7) is 0.0701. The molecule has 2 aromatic rings. The normalized spacial score (nSPS) is 28.7. The van der Waals surface area contributed by atoms with Gasteiger partial charge in [-0.2, -0.15) is 0 Å². The zero-order chi connectivity index (χ0) is 19.0. The number of morpholine rings is 1. The molecule has 0 spiro atoms. The Hall–Kier alpha value is -2.45. The highest BCUT2D eigenvalue weighted by atomic mass is 16.7. The smallest absolute Gasteiger partial charge is 0.277 e. The number of hydrogen-bond acceptors (Lipinski definition) is 6. The van der Waals surface area contributed by atoms with Gasteiger partial charge in [-0.1, -0.05) is 42.5 Å². The van der Waals surface area contributed by atoms with Crippen LogP contribution >= 0.6 is 0 Å². The lowest BCUT2D eigenvalue weighted by Gasteiger charge is -2.41. The van der Waals surface area contributed by atoms with Gasteiger partial charge >= 0.3 is 0 Å². The number of fused-ring (bicyclic) bond motifs is 1. The highest BCUT2D eigenvalue weighted by Gasteiger charge is 2.58. The molecule has 2 aromatic carbocycles. The van der Waals surface area contributed by atoms with E-state index in [-0.39, 0.29) is 13.2 Å². The summed E-state index contributed by atoms with van der Waals surface area (Å²) in [5.41, 5.74) is 1.32. The summed E-state index contributed by atoms with van der Waals surface area (Å²) >= 11 is 0. The van der Waals surface area contributed by atoms with Gasteiger partial charge in [0.2, 0.25) is 0 Å². The average molecular weight is 371 g/mol. The maximum atomic E-state index is 13.1. The van der Waals surface area contributed by atoms with Crippen molar-refractivity contribution >= 4 is 5.91 Å². The third kappa shape index (κ3) is 3.08. The van der Waals surface area contributed by atoms with Crippen molar-refractivity contribution < 1.29 is 29.2 Å². The molecule has 2 N–H and O–H groups in total. The van der Waals surface area contributed by atoms with Crippen LogP contribution in [-0.2, 0) is 14.3 Å². The van der Waals surface area contributed by atoms with E-state index in [9.17, 15) is 15.0 Å². The lowest BCUT2D eigenvalue weighted by Crippen LogP contribution is -2.56. The van der Waals surface area contributed by atoms with Crippen LogP contribution in [0.4, 0.5) is 0 Å². The fraction of sp³-hybridized carbons (Fsp3) is 0.350. The molecule has 2 aliphatic rings. The van der Waals surface area contributed by atoms with Crippen LogP contribution in [0.3, 0.4) is 0 Å². The van der Waals surface area contributed by atoms with Crippen LogP contribution in [0.25, 0.3) is 0 Å². The molecule has 4 atom stereocenters. The second-order valence-corrected chi connectivity index (χ2v) is 6.65. The summed E-state index contributed by atoms with van der Waals surface area (Å²) in [5.74, 6) is -1.75. The van der Waals surface area contributed by atoms with E-state index < -0.39 is 30.1 Å². The minimum Gasteiger partial charge on any atom is -0.497 e. The van der Waals surface area contributed by atoms with Crippen molar-refractivity contribution in [2.45, 2.75) is 24.2 Å². The molecule has 0 bridgehead atoms. The van der Waals surface area contributed by atoms with E-state index in [0.29, 0.717) is 11.3 Å². The van der Waals surface area contributed by atoms with Crippen LogP contribution in [0.2, 0.25) is 0 Å². The Morgan fingerprint density at radius 1 is 1.19 bits per heavy atom. The number of methoxy groups -OCH3 is 1. The standard InChI is InChI=1S/C20H21NO6/c1-25-15-9-7-14(8-10-15)17(22)18-19(23)21-16(13-5-3-2-4-6-13)11-26-12-20(21,24)27-18/h2-10,16-18,22,24H,11-12H2,1H3/t16-,17-,18+,20+/m1/s1. The minimum absolute atomic E-state index is 0.173. The number of carbonyl (C=O) groups excluding carboxylic acids is 1. The molecule has 0 aliphatic carbocycles. The zero-order valence-corrected chi connectivity index (χ0v) is 14.8. The van der Waals surface area contributed by atoms with Gasteiger partial charge < -0.3 is 24.4 Å². The molecule has 7 nitrogen and oxygen atoms in total. The quantitative estimate of drug-likeness (QED) is 0.844. The summed E-state index contributed by atoms with van der Waals surface area (Å²) < 4.78 is 16.2. The van der Waals surface area contributed by atoms with Crippen LogP contribution in [0.15, 0.2) is 54.6 Å².